The summed E-state index contributed by atoms with van der Waals surface area (Å²) in [5.74, 6) is 0.705. The predicted octanol–water partition coefficient (Wildman–Crippen LogP) is 0.363. The fourth-order valence-electron chi connectivity index (χ4n) is 0.766. The summed E-state index contributed by atoms with van der Waals surface area (Å²) in [6, 6.07) is 0. The second-order valence-corrected chi connectivity index (χ2v) is 7.00. The first-order valence-electron chi connectivity index (χ1n) is 3.95. The maximum atomic E-state index is 11.3. The van der Waals surface area contributed by atoms with Gasteiger partial charge in [0.25, 0.3) is 5.23 Å². The Balaban J connectivity index is 0.00000196. The van der Waals surface area contributed by atoms with Crippen LogP contribution in [0.15, 0.2) is 4.99 Å². The van der Waals surface area contributed by atoms with Gasteiger partial charge in [0, 0.05) is 10.3 Å². The van der Waals surface area contributed by atoms with Crippen LogP contribution in [0.1, 0.15) is 6.42 Å². The zero-order valence-corrected chi connectivity index (χ0v) is 10.7. The van der Waals surface area contributed by atoms with Crippen molar-refractivity contribution in [2.24, 2.45) is 4.99 Å². The molecular weight excluding hydrogens is 285 g/mol. The van der Waals surface area contributed by atoms with Crippen molar-refractivity contribution in [1.82, 2.24) is 0 Å². The number of thioether (sulfide) groups is 1. The summed E-state index contributed by atoms with van der Waals surface area (Å²) in [5.41, 5.74) is 0. The van der Waals surface area contributed by atoms with Crippen molar-refractivity contribution in [3.05, 3.63) is 0 Å². The van der Waals surface area contributed by atoms with E-state index >= 15 is 0 Å². The topological polar surface area (TPSA) is 55.7 Å². The van der Waals surface area contributed by atoms with Gasteiger partial charge in [0.05, 0.1) is 12.3 Å². The summed E-state index contributed by atoms with van der Waals surface area (Å²) in [4.78, 5) is 3.89. The first-order valence-corrected chi connectivity index (χ1v) is 7.55. The van der Waals surface area contributed by atoms with Crippen LogP contribution in [0.5, 0.6) is 0 Å². The van der Waals surface area contributed by atoms with Crippen LogP contribution in [-0.4, -0.2) is 65.8 Å². The SMILES string of the molecule is O=S(=O)(CCC(S)S)OC1=NCCS1.[NaH]. The molecule has 9 heteroatoms. The normalized spacial score (nSPS) is 16.1. The van der Waals surface area contributed by atoms with Crippen molar-refractivity contribution in [2.75, 3.05) is 18.1 Å². The molecule has 0 unspecified atom stereocenters. The predicted molar refractivity (Wildman–Crippen MR) is 73.2 cm³/mol. The molecule has 84 valence electrons. The third-order valence-electron chi connectivity index (χ3n) is 1.38. The summed E-state index contributed by atoms with van der Waals surface area (Å²) in [6.07, 6.45) is 0.354. The maximum absolute atomic E-state index is 11.3. The summed E-state index contributed by atoms with van der Waals surface area (Å²) < 4.78 is 27.1. The minimum absolute atomic E-state index is 0. The Hall–Kier alpha value is 1.47. The molecular formula is C6H12NNaO3S4. The third-order valence-corrected chi connectivity index (χ3v) is 4.00. The van der Waals surface area contributed by atoms with Gasteiger partial charge < -0.3 is 4.18 Å². The van der Waals surface area contributed by atoms with Crippen LogP contribution in [0, 0.1) is 0 Å². The molecule has 0 saturated heterocycles. The van der Waals surface area contributed by atoms with Gasteiger partial charge >= 0.3 is 39.7 Å². The zero-order valence-electron chi connectivity index (χ0n) is 7.29. The molecule has 0 aromatic heterocycles. The number of nitrogens with zero attached hydrogens (tertiary/aromatic N) is 1. The van der Waals surface area contributed by atoms with Gasteiger partial charge in [-0.05, 0) is 6.42 Å². The minimum atomic E-state index is -3.51. The molecule has 0 spiro atoms. The Morgan fingerprint density at radius 1 is 1.53 bits per heavy atom. The summed E-state index contributed by atoms with van der Waals surface area (Å²) in [6.45, 7) is 0.622. The molecule has 0 saturated carbocycles. The second kappa shape index (κ2) is 7.73. The van der Waals surface area contributed by atoms with Crippen LogP contribution in [0.3, 0.4) is 0 Å². The van der Waals surface area contributed by atoms with E-state index in [1.165, 1.54) is 11.8 Å². The van der Waals surface area contributed by atoms with Crippen molar-refractivity contribution < 1.29 is 12.6 Å². The molecule has 0 aromatic rings. The van der Waals surface area contributed by atoms with Crippen LogP contribution >= 0.6 is 37.0 Å². The van der Waals surface area contributed by atoms with Crippen LogP contribution in [0.4, 0.5) is 0 Å². The molecule has 1 rings (SSSR count). The molecule has 1 heterocycles. The van der Waals surface area contributed by atoms with Gasteiger partial charge in [0.1, 0.15) is 0 Å². The van der Waals surface area contributed by atoms with Gasteiger partial charge in [0.15, 0.2) is 0 Å². The van der Waals surface area contributed by atoms with Crippen LogP contribution in [-0.2, 0) is 14.3 Å². The van der Waals surface area contributed by atoms with Gasteiger partial charge in [-0.1, -0.05) is 11.8 Å². The summed E-state index contributed by atoms with van der Waals surface area (Å²) in [5, 5.41) is 0.250. The molecule has 0 amide bonds. The molecule has 1 aliphatic rings. The van der Waals surface area contributed by atoms with E-state index in [1.54, 1.807) is 0 Å². The first-order chi connectivity index (χ1) is 6.49. The molecule has 0 N–H and O–H groups in total. The van der Waals surface area contributed by atoms with E-state index in [1.807, 2.05) is 0 Å². The summed E-state index contributed by atoms with van der Waals surface area (Å²) >= 11 is 9.25. The number of hydrogen-bond acceptors (Lipinski definition) is 7. The first kappa shape index (κ1) is 16.5. The van der Waals surface area contributed by atoms with E-state index in [0.29, 0.717) is 13.0 Å². The Labute approximate surface area is 127 Å². The van der Waals surface area contributed by atoms with E-state index in [-0.39, 0.29) is 45.1 Å². The van der Waals surface area contributed by atoms with E-state index in [2.05, 4.69) is 30.2 Å². The number of thiol groups is 2. The van der Waals surface area contributed by atoms with Crippen molar-refractivity contribution in [3.8, 4) is 0 Å². The monoisotopic (exact) mass is 297 g/mol. The Morgan fingerprint density at radius 3 is 2.67 bits per heavy atom. The third kappa shape index (κ3) is 7.40. The molecule has 4 nitrogen and oxygen atoms in total. The molecule has 0 fully saturated rings. The Kier molecular flexibility index (Phi) is 8.49. The molecule has 1 aliphatic heterocycles. The van der Waals surface area contributed by atoms with Gasteiger partial charge in [-0.3, -0.25) is 0 Å². The van der Waals surface area contributed by atoms with E-state index in [9.17, 15) is 8.42 Å². The average Bonchev–Trinajstić information content (AvgIpc) is 2.53. The van der Waals surface area contributed by atoms with Crippen molar-refractivity contribution in [3.63, 3.8) is 0 Å². The van der Waals surface area contributed by atoms with Gasteiger partial charge in [0.2, 0.25) is 0 Å². The average molecular weight is 297 g/mol. The standard InChI is InChI=1S/C6H11NO3S4.Na.H/c8-14(9,4-1-5(11)12)10-6-7-2-3-13-6;;/h5,11-12H,1-4H2;;. The molecule has 0 aliphatic carbocycles. The van der Waals surface area contributed by atoms with Crippen molar-refractivity contribution in [2.45, 2.75) is 11.0 Å². The van der Waals surface area contributed by atoms with Crippen molar-refractivity contribution >= 4 is 81.9 Å². The van der Waals surface area contributed by atoms with E-state index in [0.717, 1.165) is 5.75 Å². The van der Waals surface area contributed by atoms with Gasteiger partial charge in [-0.15, -0.1) is 0 Å². The van der Waals surface area contributed by atoms with Gasteiger partial charge in [-0.25, -0.2) is 4.99 Å². The fourth-order valence-corrected chi connectivity index (χ4v) is 3.29. The zero-order chi connectivity index (χ0) is 10.6. The molecule has 15 heavy (non-hydrogen) atoms. The molecule has 0 atom stereocenters. The number of hydrogen-bond donors (Lipinski definition) is 2. The number of rotatable bonds is 4. The van der Waals surface area contributed by atoms with Gasteiger partial charge in [-0.2, -0.15) is 33.7 Å². The fraction of sp³-hybridized carbons (Fsp3) is 0.833. The molecule has 0 aromatic carbocycles. The van der Waals surface area contributed by atoms with Crippen molar-refractivity contribution in [1.29, 1.82) is 0 Å². The summed E-state index contributed by atoms with van der Waals surface area (Å²) in [7, 11) is -3.51. The molecule has 0 radical (unpaired) electrons. The van der Waals surface area contributed by atoms with E-state index < -0.39 is 10.1 Å². The Bertz CT molecular complexity index is 316. The van der Waals surface area contributed by atoms with E-state index in [4.69, 9.17) is 4.18 Å². The van der Waals surface area contributed by atoms with Crippen LogP contribution < -0.4 is 0 Å². The second-order valence-electron chi connectivity index (χ2n) is 2.61. The molecule has 0 bridgehead atoms. The Morgan fingerprint density at radius 2 is 2.20 bits per heavy atom. The quantitative estimate of drug-likeness (QED) is 0.341. The van der Waals surface area contributed by atoms with Crippen LogP contribution in [0.25, 0.3) is 0 Å². The van der Waals surface area contributed by atoms with Crippen LogP contribution in [0.2, 0.25) is 0 Å². The number of aliphatic imine (C=N–C) groups is 1.